The largest absolute Gasteiger partial charge is 0.478 e. The van der Waals surface area contributed by atoms with E-state index in [-0.39, 0.29) is 17.7 Å². The number of ether oxygens (including phenoxy) is 1. The molecule has 0 aliphatic carbocycles. The SMILES string of the molecule is CCCC1CN(C(=O)OC(C)(C)C)CCN1c1cccc(C(=O)O)c1. The van der Waals surface area contributed by atoms with E-state index in [0.29, 0.717) is 19.6 Å². The summed E-state index contributed by atoms with van der Waals surface area (Å²) in [6, 6.07) is 7.14. The molecule has 1 aliphatic rings. The van der Waals surface area contributed by atoms with Gasteiger partial charge in [-0.15, -0.1) is 0 Å². The fourth-order valence-corrected chi connectivity index (χ4v) is 3.09. The number of aromatic carboxylic acids is 1. The number of carbonyl (C=O) groups is 2. The number of carboxylic acids is 1. The predicted octanol–water partition coefficient (Wildman–Crippen LogP) is 3.61. The Morgan fingerprint density at radius 3 is 2.60 bits per heavy atom. The van der Waals surface area contributed by atoms with Crippen LogP contribution in [-0.4, -0.2) is 53.3 Å². The van der Waals surface area contributed by atoms with Crippen LogP contribution >= 0.6 is 0 Å². The van der Waals surface area contributed by atoms with Crippen molar-refractivity contribution in [1.29, 1.82) is 0 Å². The number of nitrogens with zero attached hydrogens (tertiary/aromatic N) is 2. The third-order valence-electron chi connectivity index (χ3n) is 4.18. The topological polar surface area (TPSA) is 70.1 Å². The third-order valence-corrected chi connectivity index (χ3v) is 4.18. The zero-order chi connectivity index (χ0) is 18.6. The second-order valence-corrected chi connectivity index (χ2v) is 7.42. The minimum Gasteiger partial charge on any atom is -0.478 e. The Labute approximate surface area is 149 Å². The Morgan fingerprint density at radius 2 is 2.00 bits per heavy atom. The van der Waals surface area contributed by atoms with E-state index in [1.165, 1.54) is 0 Å². The molecule has 1 saturated heterocycles. The van der Waals surface area contributed by atoms with Crippen molar-refractivity contribution in [3.05, 3.63) is 29.8 Å². The summed E-state index contributed by atoms with van der Waals surface area (Å²) < 4.78 is 5.49. The lowest BCUT2D eigenvalue weighted by Gasteiger charge is -2.43. The van der Waals surface area contributed by atoms with Gasteiger partial charge in [0.05, 0.1) is 5.56 Å². The van der Waals surface area contributed by atoms with Crippen LogP contribution in [0.3, 0.4) is 0 Å². The van der Waals surface area contributed by atoms with Gasteiger partial charge in [-0.3, -0.25) is 0 Å². The van der Waals surface area contributed by atoms with E-state index in [9.17, 15) is 14.7 Å². The summed E-state index contributed by atoms with van der Waals surface area (Å²) in [7, 11) is 0. The number of piperazine rings is 1. The Kier molecular flexibility index (Phi) is 5.93. The first-order valence-electron chi connectivity index (χ1n) is 8.79. The summed E-state index contributed by atoms with van der Waals surface area (Å²) >= 11 is 0. The zero-order valence-electron chi connectivity index (χ0n) is 15.5. The second-order valence-electron chi connectivity index (χ2n) is 7.42. The monoisotopic (exact) mass is 348 g/mol. The maximum atomic E-state index is 12.4. The highest BCUT2D eigenvalue weighted by molar-refractivity contribution is 5.88. The average molecular weight is 348 g/mol. The summed E-state index contributed by atoms with van der Waals surface area (Å²) in [5.41, 5.74) is 0.661. The number of anilines is 1. The van der Waals surface area contributed by atoms with Crippen molar-refractivity contribution in [3.63, 3.8) is 0 Å². The molecule has 1 aromatic carbocycles. The van der Waals surface area contributed by atoms with Crippen molar-refractivity contribution in [2.75, 3.05) is 24.5 Å². The molecule has 2 rings (SSSR count). The lowest BCUT2D eigenvalue weighted by atomic mass is 10.0. The molecule has 1 aromatic rings. The van der Waals surface area contributed by atoms with Crippen LogP contribution in [0.1, 0.15) is 50.9 Å². The van der Waals surface area contributed by atoms with Crippen molar-refractivity contribution in [3.8, 4) is 0 Å². The third kappa shape index (κ3) is 5.11. The van der Waals surface area contributed by atoms with Gasteiger partial charge < -0.3 is 19.6 Å². The van der Waals surface area contributed by atoms with Gasteiger partial charge in [0.15, 0.2) is 0 Å². The van der Waals surface area contributed by atoms with Gasteiger partial charge in [0.25, 0.3) is 0 Å². The van der Waals surface area contributed by atoms with Crippen LogP contribution in [0, 0.1) is 0 Å². The highest BCUT2D eigenvalue weighted by atomic mass is 16.6. The summed E-state index contributed by atoms with van der Waals surface area (Å²) in [6.45, 7) is 9.50. The molecule has 1 fully saturated rings. The maximum Gasteiger partial charge on any atom is 0.410 e. The molecule has 0 radical (unpaired) electrons. The fraction of sp³-hybridized carbons (Fsp3) is 0.579. The van der Waals surface area contributed by atoms with Crippen LogP contribution < -0.4 is 4.90 Å². The van der Waals surface area contributed by atoms with Crippen molar-refractivity contribution < 1.29 is 19.4 Å². The van der Waals surface area contributed by atoms with E-state index in [4.69, 9.17) is 4.74 Å². The highest BCUT2D eigenvalue weighted by Crippen LogP contribution is 2.25. The number of rotatable bonds is 4. The highest BCUT2D eigenvalue weighted by Gasteiger charge is 2.31. The van der Waals surface area contributed by atoms with E-state index in [1.54, 1.807) is 23.1 Å². The molecule has 1 aliphatic heterocycles. The quantitative estimate of drug-likeness (QED) is 0.900. The van der Waals surface area contributed by atoms with Crippen LogP contribution in [0.4, 0.5) is 10.5 Å². The molecule has 1 N–H and O–H groups in total. The van der Waals surface area contributed by atoms with Gasteiger partial charge >= 0.3 is 12.1 Å². The second kappa shape index (κ2) is 7.76. The first-order chi connectivity index (χ1) is 11.7. The Bertz CT molecular complexity index is 624. The molecule has 1 heterocycles. The van der Waals surface area contributed by atoms with E-state index in [0.717, 1.165) is 18.5 Å². The smallest absolute Gasteiger partial charge is 0.410 e. The van der Waals surface area contributed by atoms with Gasteiger partial charge in [0, 0.05) is 31.4 Å². The zero-order valence-corrected chi connectivity index (χ0v) is 15.5. The van der Waals surface area contributed by atoms with Crippen LogP contribution in [-0.2, 0) is 4.74 Å². The molecule has 138 valence electrons. The fourth-order valence-electron chi connectivity index (χ4n) is 3.09. The lowest BCUT2D eigenvalue weighted by Crippen LogP contribution is -2.55. The number of amides is 1. The molecule has 0 aromatic heterocycles. The van der Waals surface area contributed by atoms with Gasteiger partial charge in [-0.05, 0) is 45.4 Å². The molecule has 1 atom stereocenters. The molecule has 1 amide bonds. The predicted molar refractivity (Wildman–Crippen MR) is 97.3 cm³/mol. The number of carboxylic acid groups (broad SMARTS) is 1. The summed E-state index contributed by atoms with van der Waals surface area (Å²) in [6.07, 6.45) is 1.63. The maximum absolute atomic E-state index is 12.4. The molecule has 6 heteroatoms. The van der Waals surface area contributed by atoms with E-state index in [1.807, 2.05) is 26.8 Å². The van der Waals surface area contributed by atoms with Crippen molar-refractivity contribution in [2.24, 2.45) is 0 Å². The summed E-state index contributed by atoms with van der Waals surface area (Å²) in [5.74, 6) is -0.929. The molecule has 6 nitrogen and oxygen atoms in total. The van der Waals surface area contributed by atoms with Crippen LogP contribution in [0.5, 0.6) is 0 Å². The van der Waals surface area contributed by atoms with E-state index >= 15 is 0 Å². The molecule has 1 unspecified atom stereocenters. The number of carbonyl (C=O) groups excluding carboxylic acids is 1. The van der Waals surface area contributed by atoms with Gasteiger partial charge in [-0.25, -0.2) is 9.59 Å². The van der Waals surface area contributed by atoms with Gasteiger partial charge in [0.1, 0.15) is 5.60 Å². The molecule has 25 heavy (non-hydrogen) atoms. The lowest BCUT2D eigenvalue weighted by molar-refractivity contribution is 0.0212. The van der Waals surface area contributed by atoms with Crippen LogP contribution in [0.2, 0.25) is 0 Å². The Morgan fingerprint density at radius 1 is 1.28 bits per heavy atom. The van der Waals surface area contributed by atoms with Crippen LogP contribution in [0.15, 0.2) is 24.3 Å². The molecule has 0 spiro atoms. The van der Waals surface area contributed by atoms with Crippen molar-refractivity contribution in [2.45, 2.75) is 52.2 Å². The van der Waals surface area contributed by atoms with Crippen LogP contribution in [0.25, 0.3) is 0 Å². The van der Waals surface area contributed by atoms with Gasteiger partial charge in [-0.2, -0.15) is 0 Å². The number of hydrogen-bond acceptors (Lipinski definition) is 4. The molecular weight excluding hydrogens is 320 g/mol. The summed E-state index contributed by atoms with van der Waals surface area (Å²) in [4.78, 5) is 27.5. The van der Waals surface area contributed by atoms with E-state index < -0.39 is 11.6 Å². The average Bonchev–Trinajstić information content (AvgIpc) is 2.53. The summed E-state index contributed by atoms with van der Waals surface area (Å²) in [5, 5.41) is 9.21. The van der Waals surface area contributed by atoms with Gasteiger partial charge in [-0.1, -0.05) is 19.4 Å². The van der Waals surface area contributed by atoms with Crippen molar-refractivity contribution >= 4 is 17.7 Å². The minimum absolute atomic E-state index is 0.148. The molecular formula is C19H28N2O4. The Balaban J connectivity index is 2.15. The molecule has 0 saturated carbocycles. The normalized spacial score (nSPS) is 18.2. The minimum atomic E-state index is -0.929. The first-order valence-corrected chi connectivity index (χ1v) is 8.79. The standard InChI is InChI=1S/C19H28N2O4/c1-5-7-16-13-20(18(24)25-19(2,3)4)10-11-21(16)15-9-6-8-14(12-15)17(22)23/h6,8-9,12,16H,5,7,10-11,13H2,1-4H3,(H,22,23). The Hall–Kier alpha value is -2.24. The van der Waals surface area contributed by atoms with Crippen molar-refractivity contribution in [1.82, 2.24) is 4.90 Å². The number of hydrogen-bond donors (Lipinski definition) is 1. The molecule has 0 bridgehead atoms. The van der Waals surface area contributed by atoms with Gasteiger partial charge in [0.2, 0.25) is 0 Å². The van der Waals surface area contributed by atoms with E-state index in [2.05, 4.69) is 11.8 Å². The first kappa shape index (κ1) is 19.1. The number of benzene rings is 1.